The van der Waals surface area contributed by atoms with Gasteiger partial charge in [0.25, 0.3) is 10.0 Å². The second kappa shape index (κ2) is 6.21. The number of hydrogen-bond acceptors (Lipinski definition) is 4. The summed E-state index contributed by atoms with van der Waals surface area (Å²) in [5.74, 6) is -0.444. The molecule has 8 heteroatoms. The molecule has 0 spiro atoms. The van der Waals surface area contributed by atoms with Gasteiger partial charge in [-0.3, -0.25) is 4.72 Å². The van der Waals surface area contributed by atoms with Gasteiger partial charge in [0.15, 0.2) is 0 Å². The molecule has 2 aromatic rings. The highest BCUT2D eigenvalue weighted by Crippen LogP contribution is 2.26. The van der Waals surface area contributed by atoms with Crippen LogP contribution in [0.5, 0.6) is 0 Å². The Hall–Kier alpha value is -0.960. The van der Waals surface area contributed by atoms with Crippen LogP contribution in [0.1, 0.15) is 4.88 Å². The standard InChI is InChI=1S/C12H12BrFN2O2S2/c1-15-7-9-3-5-12(19-9)20(17,18)16-8-2-4-11(14)10(13)6-8/h2-6,15-16H,7H2,1H3. The second-order valence-electron chi connectivity index (χ2n) is 3.99. The van der Waals surface area contributed by atoms with Crippen LogP contribution in [0.4, 0.5) is 10.1 Å². The minimum Gasteiger partial charge on any atom is -0.315 e. The normalized spacial score (nSPS) is 11.6. The van der Waals surface area contributed by atoms with E-state index in [4.69, 9.17) is 0 Å². The van der Waals surface area contributed by atoms with E-state index in [1.807, 2.05) is 0 Å². The van der Waals surface area contributed by atoms with Crippen molar-refractivity contribution in [2.45, 2.75) is 10.8 Å². The van der Waals surface area contributed by atoms with Gasteiger partial charge in [0.2, 0.25) is 0 Å². The van der Waals surface area contributed by atoms with E-state index in [9.17, 15) is 12.8 Å². The highest BCUT2D eigenvalue weighted by Gasteiger charge is 2.17. The summed E-state index contributed by atoms with van der Waals surface area (Å²) in [6, 6.07) is 7.27. The summed E-state index contributed by atoms with van der Waals surface area (Å²) in [5.41, 5.74) is 0.307. The molecule has 0 aliphatic heterocycles. The van der Waals surface area contributed by atoms with Crippen LogP contribution in [0.25, 0.3) is 0 Å². The van der Waals surface area contributed by atoms with E-state index < -0.39 is 15.8 Å². The maximum atomic E-state index is 13.1. The van der Waals surface area contributed by atoms with Gasteiger partial charge in [0, 0.05) is 11.4 Å². The topological polar surface area (TPSA) is 58.2 Å². The lowest BCUT2D eigenvalue weighted by molar-refractivity contribution is 0.602. The lowest BCUT2D eigenvalue weighted by atomic mass is 10.3. The molecule has 0 amide bonds. The minimum atomic E-state index is -3.64. The number of rotatable bonds is 5. The molecular weight excluding hydrogens is 367 g/mol. The molecule has 1 aromatic heterocycles. The largest absolute Gasteiger partial charge is 0.315 e. The molecular formula is C12H12BrFN2O2S2. The molecule has 0 fully saturated rings. The Bertz CT molecular complexity index is 716. The third-order valence-corrected chi connectivity index (χ3v) is 5.99. The zero-order chi connectivity index (χ0) is 14.8. The smallest absolute Gasteiger partial charge is 0.271 e. The average molecular weight is 379 g/mol. The van der Waals surface area contributed by atoms with Crippen molar-refractivity contribution in [2.75, 3.05) is 11.8 Å². The summed E-state index contributed by atoms with van der Waals surface area (Å²) in [7, 11) is -1.85. The molecule has 0 atom stereocenters. The fourth-order valence-electron chi connectivity index (χ4n) is 1.54. The maximum Gasteiger partial charge on any atom is 0.271 e. The number of anilines is 1. The van der Waals surface area contributed by atoms with E-state index in [0.717, 1.165) is 4.88 Å². The van der Waals surface area contributed by atoms with Gasteiger partial charge in [-0.2, -0.15) is 0 Å². The Labute approximate surface area is 129 Å². The molecule has 2 N–H and O–H groups in total. The maximum absolute atomic E-state index is 13.1. The first kappa shape index (κ1) is 15.4. The third-order valence-electron chi connectivity index (χ3n) is 2.42. The molecule has 0 saturated heterocycles. The van der Waals surface area contributed by atoms with Gasteiger partial charge >= 0.3 is 0 Å². The summed E-state index contributed by atoms with van der Waals surface area (Å²) in [6.45, 7) is 0.613. The van der Waals surface area contributed by atoms with Crippen LogP contribution < -0.4 is 10.0 Å². The zero-order valence-electron chi connectivity index (χ0n) is 10.5. The molecule has 0 bridgehead atoms. The van der Waals surface area contributed by atoms with Crippen molar-refractivity contribution in [1.29, 1.82) is 0 Å². The van der Waals surface area contributed by atoms with Crippen LogP contribution in [0.3, 0.4) is 0 Å². The van der Waals surface area contributed by atoms with Crippen LogP contribution in [0.2, 0.25) is 0 Å². The number of halogens is 2. The summed E-state index contributed by atoms with van der Waals surface area (Å²) in [6.07, 6.45) is 0. The lowest BCUT2D eigenvalue weighted by Gasteiger charge is -2.06. The van der Waals surface area contributed by atoms with E-state index >= 15 is 0 Å². The van der Waals surface area contributed by atoms with Crippen molar-refractivity contribution < 1.29 is 12.8 Å². The fourth-order valence-corrected chi connectivity index (χ4v) is 4.33. The Morgan fingerprint density at radius 3 is 2.70 bits per heavy atom. The molecule has 20 heavy (non-hydrogen) atoms. The molecule has 0 aliphatic rings. The summed E-state index contributed by atoms with van der Waals surface area (Å²) < 4.78 is 40.3. The van der Waals surface area contributed by atoms with Gasteiger partial charge in [-0.25, -0.2) is 12.8 Å². The number of thiophene rings is 1. The zero-order valence-corrected chi connectivity index (χ0v) is 13.7. The molecule has 0 aliphatic carbocycles. The van der Waals surface area contributed by atoms with Gasteiger partial charge in [-0.05, 0) is 53.3 Å². The lowest BCUT2D eigenvalue weighted by Crippen LogP contribution is -2.11. The summed E-state index contributed by atoms with van der Waals surface area (Å²) >= 11 is 4.21. The molecule has 108 valence electrons. The first-order valence-electron chi connectivity index (χ1n) is 5.63. The Morgan fingerprint density at radius 1 is 1.30 bits per heavy atom. The van der Waals surface area contributed by atoms with Crippen molar-refractivity contribution in [2.24, 2.45) is 0 Å². The first-order chi connectivity index (χ1) is 9.42. The van der Waals surface area contributed by atoms with Crippen LogP contribution in [-0.2, 0) is 16.6 Å². The summed E-state index contributed by atoms with van der Waals surface area (Å²) in [5, 5.41) is 2.96. The molecule has 0 radical (unpaired) electrons. The van der Waals surface area contributed by atoms with E-state index in [0.29, 0.717) is 12.2 Å². The number of benzene rings is 1. The number of sulfonamides is 1. The van der Waals surface area contributed by atoms with Crippen molar-refractivity contribution in [3.8, 4) is 0 Å². The van der Waals surface area contributed by atoms with Crippen molar-refractivity contribution in [3.05, 3.63) is 45.5 Å². The third kappa shape index (κ3) is 3.57. The van der Waals surface area contributed by atoms with Crippen LogP contribution in [0, 0.1) is 5.82 Å². The van der Waals surface area contributed by atoms with Gasteiger partial charge < -0.3 is 5.32 Å². The highest BCUT2D eigenvalue weighted by atomic mass is 79.9. The fraction of sp³-hybridized carbons (Fsp3) is 0.167. The van der Waals surface area contributed by atoms with E-state index in [-0.39, 0.29) is 8.68 Å². The van der Waals surface area contributed by atoms with Gasteiger partial charge in [0.05, 0.1) is 10.2 Å². The molecule has 4 nitrogen and oxygen atoms in total. The Kier molecular flexibility index (Phi) is 4.79. The van der Waals surface area contributed by atoms with Crippen molar-refractivity contribution in [1.82, 2.24) is 5.32 Å². The summed E-state index contributed by atoms with van der Waals surface area (Å²) in [4.78, 5) is 0.924. The van der Waals surface area contributed by atoms with Gasteiger partial charge in [0.1, 0.15) is 10.0 Å². The molecule has 2 rings (SSSR count). The van der Waals surface area contributed by atoms with Gasteiger partial charge in [-0.15, -0.1) is 11.3 Å². The minimum absolute atomic E-state index is 0.208. The molecule has 1 heterocycles. The van der Waals surface area contributed by atoms with Gasteiger partial charge in [-0.1, -0.05) is 0 Å². The SMILES string of the molecule is CNCc1ccc(S(=O)(=O)Nc2ccc(F)c(Br)c2)s1. The first-order valence-corrected chi connectivity index (χ1v) is 8.73. The van der Waals surface area contributed by atoms with E-state index in [1.54, 1.807) is 19.2 Å². The van der Waals surface area contributed by atoms with E-state index in [2.05, 4.69) is 26.0 Å². The molecule has 0 saturated carbocycles. The highest BCUT2D eigenvalue weighted by molar-refractivity contribution is 9.10. The van der Waals surface area contributed by atoms with Crippen molar-refractivity contribution >= 4 is 43.0 Å². The monoisotopic (exact) mass is 378 g/mol. The average Bonchev–Trinajstić information content (AvgIpc) is 2.83. The Balaban J connectivity index is 2.23. The Morgan fingerprint density at radius 2 is 2.05 bits per heavy atom. The van der Waals surface area contributed by atoms with Crippen LogP contribution >= 0.6 is 27.3 Å². The predicted octanol–water partition coefficient (Wildman–Crippen LogP) is 3.17. The predicted molar refractivity (Wildman–Crippen MR) is 82.0 cm³/mol. The molecule has 1 aromatic carbocycles. The second-order valence-corrected chi connectivity index (χ2v) is 7.92. The van der Waals surface area contributed by atoms with E-state index in [1.165, 1.54) is 29.5 Å². The quantitative estimate of drug-likeness (QED) is 0.839. The number of hydrogen-bond donors (Lipinski definition) is 2. The molecule has 0 unspecified atom stereocenters. The van der Waals surface area contributed by atoms with Crippen LogP contribution in [-0.4, -0.2) is 15.5 Å². The van der Waals surface area contributed by atoms with Crippen molar-refractivity contribution in [3.63, 3.8) is 0 Å². The number of nitrogens with one attached hydrogen (secondary N) is 2. The van der Waals surface area contributed by atoms with Crippen LogP contribution in [0.15, 0.2) is 39.0 Å².